The fraction of sp³-hybridized carbons (Fsp3) is 0.455. The van der Waals surface area contributed by atoms with Gasteiger partial charge in [-0.3, -0.25) is 9.78 Å². The molecule has 2 rings (SSSR count). The maximum Gasteiger partial charge on any atom is 0.303 e. The number of pyridine rings is 1. The van der Waals surface area contributed by atoms with Gasteiger partial charge >= 0.3 is 5.97 Å². The minimum absolute atomic E-state index is 0.185. The number of nitrogens with zero attached hydrogens (tertiary/aromatic N) is 1. The third-order valence-electron chi connectivity index (χ3n) is 2.47. The molecule has 0 bridgehead atoms. The highest BCUT2D eigenvalue weighted by molar-refractivity contribution is 5.67. The molecule has 1 aromatic rings. The second kappa shape index (κ2) is 3.78. The number of hydrogen-bond donors (Lipinski definition) is 1. The third kappa shape index (κ3) is 2.31. The Morgan fingerprint density at radius 1 is 1.50 bits per heavy atom. The van der Waals surface area contributed by atoms with E-state index in [9.17, 15) is 4.79 Å². The van der Waals surface area contributed by atoms with Crippen LogP contribution in [0.15, 0.2) is 18.3 Å². The van der Waals surface area contributed by atoms with Crippen molar-refractivity contribution >= 4 is 5.97 Å². The Morgan fingerprint density at radius 3 is 2.79 bits per heavy atom. The number of aryl methyl sites for hydroxylation is 1. The standard InChI is InChI=1S/C11H13NO2/c13-11(14)6-2-8-1-5-10(12-7-8)9-3-4-9/h1,5,7,9H,2-4,6H2,(H,13,14). The first kappa shape index (κ1) is 9.19. The Morgan fingerprint density at radius 2 is 2.29 bits per heavy atom. The van der Waals surface area contributed by atoms with Crippen LogP contribution in [-0.4, -0.2) is 16.1 Å². The first-order valence-corrected chi connectivity index (χ1v) is 4.92. The lowest BCUT2D eigenvalue weighted by Crippen LogP contribution is -1.98. The van der Waals surface area contributed by atoms with Crippen LogP contribution >= 0.6 is 0 Å². The molecule has 3 heteroatoms. The Kier molecular flexibility index (Phi) is 2.48. The van der Waals surface area contributed by atoms with Gasteiger partial charge in [0.15, 0.2) is 0 Å². The molecule has 0 spiro atoms. The largest absolute Gasteiger partial charge is 0.481 e. The van der Waals surface area contributed by atoms with E-state index in [1.807, 2.05) is 12.1 Å². The SMILES string of the molecule is O=C(O)CCc1ccc(C2CC2)nc1. The van der Waals surface area contributed by atoms with Gasteiger partial charge in [0, 0.05) is 24.2 Å². The summed E-state index contributed by atoms with van der Waals surface area (Å²) in [6.45, 7) is 0. The summed E-state index contributed by atoms with van der Waals surface area (Å²) >= 11 is 0. The van der Waals surface area contributed by atoms with Crippen molar-refractivity contribution in [2.24, 2.45) is 0 Å². The lowest BCUT2D eigenvalue weighted by molar-refractivity contribution is -0.136. The zero-order valence-corrected chi connectivity index (χ0v) is 7.94. The molecule has 1 aromatic heterocycles. The van der Waals surface area contributed by atoms with Crippen LogP contribution < -0.4 is 0 Å². The predicted octanol–water partition coefficient (Wildman–Crippen LogP) is 1.98. The van der Waals surface area contributed by atoms with Crippen LogP contribution in [0.2, 0.25) is 0 Å². The molecule has 74 valence electrons. The van der Waals surface area contributed by atoms with E-state index < -0.39 is 5.97 Å². The van der Waals surface area contributed by atoms with Crippen LogP contribution in [0.5, 0.6) is 0 Å². The monoisotopic (exact) mass is 191 g/mol. The molecule has 1 heterocycles. The van der Waals surface area contributed by atoms with E-state index >= 15 is 0 Å². The highest BCUT2D eigenvalue weighted by Crippen LogP contribution is 2.38. The summed E-state index contributed by atoms with van der Waals surface area (Å²) in [4.78, 5) is 14.7. The Labute approximate surface area is 82.8 Å². The van der Waals surface area contributed by atoms with Gasteiger partial charge in [0.1, 0.15) is 0 Å². The van der Waals surface area contributed by atoms with E-state index in [1.54, 1.807) is 6.20 Å². The second-order valence-corrected chi connectivity index (χ2v) is 3.76. The van der Waals surface area contributed by atoms with Crippen molar-refractivity contribution in [3.05, 3.63) is 29.6 Å². The number of carbonyl (C=O) groups is 1. The first-order chi connectivity index (χ1) is 6.75. The molecule has 14 heavy (non-hydrogen) atoms. The molecule has 0 aromatic carbocycles. The van der Waals surface area contributed by atoms with Gasteiger partial charge in [-0.1, -0.05) is 6.07 Å². The van der Waals surface area contributed by atoms with E-state index in [-0.39, 0.29) is 6.42 Å². The van der Waals surface area contributed by atoms with Crippen molar-refractivity contribution in [2.75, 3.05) is 0 Å². The normalized spacial score (nSPS) is 15.4. The molecular weight excluding hydrogens is 178 g/mol. The molecule has 0 radical (unpaired) electrons. The fourth-order valence-corrected chi connectivity index (χ4v) is 1.46. The summed E-state index contributed by atoms with van der Waals surface area (Å²) in [6, 6.07) is 4.01. The molecule has 0 saturated heterocycles. The summed E-state index contributed by atoms with van der Waals surface area (Å²) in [5.41, 5.74) is 2.17. The van der Waals surface area contributed by atoms with Crippen molar-refractivity contribution in [3.8, 4) is 0 Å². The maximum atomic E-state index is 10.3. The van der Waals surface area contributed by atoms with Crippen LogP contribution in [0.4, 0.5) is 0 Å². The van der Waals surface area contributed by atoms with E-state index in [0.29, 0.717) is 12.3 Å². The van der Waals surface area contributed by atoms with Gasteiger partial charge in [0.25, 0.3) is 0 Å². The van der Waals surface area contributed by atoms with E-state index in [2.05, 4.69) is 4.98 Å². The van der Waals surface area contributed by atoms with Crippen molar-refractivity contribution < 1.29 is 9.90 Å². The molecule has 1 aliphatic rings. The Hall–Kier alpha value is -1.38. The minimum atomic E-state index is -0.753. The molecule has 3 nitrogen and oxygen atoms in total. The minimum Gasteiger partial charge on any atom is -0.481 e. The van der Waals surface area contributed by atoms with Crippen LogP contribution in [0, 0.1) is 0 Å². The van der Waals surface area contributed by atoms with Crippen molar-refractivity contribution in [1.29, 1.82) is 0 Å². The molecule has 0 amide bonds. The van der Waals surface area contributed by atoms with E-state index in [4.69, 9.17) is 5.11 Å². The average Bonchev–Trinajstić information content (AvgIpc) is 2.99. The topological polar surface area (TPSA) is 50.2 Å². The number of aliphatic carboxylic acids is 1. The fourth-order valence-electron chi connectivity index (χ4n) is 1.46. The predicted molar refractivity (Wildman–Crippen MR) is 52.2 cm³/mol. The first-order valence-electron chi connectivity index (χ1n) is 4.92. The summed E-state index contributed by atoms with van der Waals surface area (Å²) in [5.74, 6) is -0.0835. The summed E-state index contributed by atoms with van der Waals surface area (Å²) in [5, 5.41) is 8.51. The third-order valence-corrected chi connectivity index (χ3v) is 2.47. The highest BCUT2D eigenvalue weighted by Gasteiger charge is 2.24. The van der Waals surface area contributed by atoms with Crippen LogP contribution in [0.25, 0.3) is 0 Å². The van der Waals surface area contributed by atoms with Gasteiger partial charge in [-0.15, -0.1) is 0 Å². The summed E-state index contributed by atoms with van der Waals surface area (Å²) in [7, 11) is 0. The molecule has 0 atom stereocenters. The van der Waals surface area contributed by atoms with Crippen LogP contribution in [-0.2, 0) is 11.2 Å². The zero-order valence-electron chi connectivity index (χ0n) is 7.94. The summed E-state index contributed by atoms with van der Waals surface area (Å²) in [6.07, 6.45) is 5.07. The van der Waals surface area contributed by atoms with Gasteiger partial charge in [0.05, 0.1) is 0 Å². The average molecular weight is 191 g/mol. The molecule has 1 saturated carbocycles. The quantitative estimate of drug-likeness (QED) is 0.791. The van der Waals surface area contributed by atoms with Gasteiger partial charge in [-0.05, 0) is 30.9 Å². The van der Waals surface area contributed by atoms with E-state index in [0.717, 1.165) is 11.3 Å². The van der Waals surface area contributed by atoms with Crippen LogP contribution in [0.1, 0.15) is 36.4 Å². The molecule has 1 N–H and O–H groups in total. The Bertz CT molecular complexity index is 328. The lowest BCUT2D eigenvalue weighted by atomic mass is 10.1. The highest BCUT2D eigenvalue weighted by atomic mass is 16.4. The van der Waals surface area contributed by atoms with E-state index in [1.165, 1.54) is 12.8 Å². The second-order valence-electron chi connectivity index (χ2n) is 3.76. The van der Waals surface area contributed by atoms with Gasteiger partial charge in [-0.25, -0.2) is 0 Å². The number of aromatic nitrogens is 1. The molecular formula is C11H13NO2. The smallest absolute Gasteiger partial charge is 0.303 e. The number of rotatable bonds is 4. The van der Waals surface area contributed by atoms with Gasteiger partial charge in [-0.2, -0.15) is 0 Å². The van der Waals surface area contributed by atoms with Gasteiger partial charge in [0.2, 0.25) is 0 Å². The molecule has 0 aliphatic heterocycles. The molecule has 0 unspecified atom stereocenters. The molecule has 1 aliphatic carbocycles. The lowest BCUT2D eigenvalue weighted by Gasteiger charge is -2.00. The van der Waals surface area contributed by atoms with Gasteiger partial charge < -0.3 is 5.11 Å². The summed E-state index contributed by atoms with van der Waals surface area (Å²) < 4.78 is 0. The number of carboxylic acids is 1. The van der Waals surface area contributed by atoms with Crippen molar-refractivity contribution in [3.63, 3.8) is 0 Å². The Balaban J connectivity index is 1.95. The maximum absolute atomic E-state index is 10.3. The van der Waals surface area contributed by atoms with Crippen molar-refractivity contribution in [2.45, 2.75) is 31.6 Å². The number of carboxylic acid groups (broad SMARTS) is 1. The van der Waals surface area contributed by atoms with Crippen LogP contribution in [0.3, 0.4) is 0 Å². The number of hydrogen-bond acceptors (Lipinski definition) is 2. The van der Waals surface area contributed by atoms with Crippen molar-refractivity contribution in [1.82, 2.24) is 4.98 Å². The zero-order chi connectivity index (χ0) is 9.97. The molecule has 1 fully saturated rings.